The van der Waals surface area contributed by atoms with Gasteiger partial charge in [-0.15, -0.1) is 0 Å². The molecule has 2 rings (SSSR count). The van der Waals surface area contributed by atoms with Crippen molar-refractivity contribution in [2.24, 2.45) is 0 Å². The molecule has 0 amide bonds. The van der Waals surface area contributed by atoms with E-state index in [-0.39, 0.29) is 6.04 Å². The zero-order valence-electron chi connectivity index (χ0n) is 12.7. The van der Waals surface area contributed by atoms with E-state index in [0.29, 0.717) is 0 Å². The Kier molecular flexibility index (Phi) is 6.16. The van der Waals surface area contributed by atoms with Gasteiger partial charge in [0.15, 0.2) is 0 Å². The van der Waals surface area contributed by atoms with Crippen molar-refractivity contribution in [1.29, 1.82) is 0 Å². The van der Waals surface area contributed by atoms with Crippen LogP contribution in [0.4, 0.5) is 0 Å². The van der Waals surface area contributed by atoms with Crippen molar-refractivity contribution in [3.8, 4) is 5.75 Å². The van der Waals surface area contributed by atoms with Crippen LogP contribution in [-0.2, 0) is 0 Å². The summed E-state index contributed by atoms with van der Waals surface area (Å²) in [5.41, 5.74) is 2.24. The van der Waals surface area contributed by atoms with E-state index >= 15 is 0 Å². The number of ether oxygens (including phenoxy) is 1. The van der Waals surface area contributed by atoms with Crippen LogP contribution in [0.1, 0.15) is 43.9 Å². The zero-order chi connectivity index (χ0) is 14.9. The second kappa shape index (κ2) is 8.37. The Labute approximate surface area is 126 Å². The molecule has 1 unspecified atom stereocenters. The fraction of sp³-hybridized carbons (Fsp3) is 0.412. The first kappa shape index (κ1) is 15.4. The second-order valence-corrected chi connectivity index (χ2v) is 4.98. The molecule has 1 N–H and O–H groups in total. The predicted molar refractivity (Wildman–Crippen MR) is 84.4 cm³/mol. The van der Waals surface area contributed by atoms with Gasteiger partial charge in [0.1, 0.15) is 12.1 Å². The van der Waals surface area contributed by atoms with E-state index in [1.807, 2.05) is 24.5 Å². The largest absolute Gasteiger partial charge is 0.494 e. The second-order valence-electron chi connectivity index (χ2n) is 4.98. The molecule has 0 aliphatic carbocycles. The lowest BCUT2D eigenvalue weighted by molar-refractivity contribution is 0.317. The highest BCUT2D eigenvalue weighted by Gasteiger charge is 2.14. The molecule has 4 nitrogen and oxygen atoms in total. The molecule has 112 valence electrons. The molecular formula is C17H23N3O. The first-order valence-corrected chi connectivity index (χ1v) is 7.56. The Hall–Kier alpha value is -1.94. The van der Waals surface area contributed by atoms with Crippen LogP contribution in [0.25, 0.3) is 0 Å². The Balaban J connectivity index is 2.23. The number of nitrogens with zero attached hydrogens (tertiary/aromatic N) is 2. The van der Waals surface area contributed by atoms with Crippen molar-refractivity contribution in [3.05, 3.63) is 54.1 Å². The standard InChI is InChI=1S/C17H23N3O/c1-3-8-20-17(15-11-18-13-19-12-15)14-6-5-7-16(10-14)21-9-4-2/h5-7,10-13,17,20H,3-4,8-9H2,1-2H3. The number of hydrogen-bond donors (Lipinski definition) is 1. The molecule has 0 aliphatic rings. The van der Waals surface area contributed by atoms with Crippen LogP contribution in [0.3, 0.4) is 0 Å². The zero-order valence-corrected chi connectivity index (χ0v) is 12.7. The van der Waals surface area contributed by atoms with Gasteiger partial charge < -0.3 is 10.1 Å². The van der Waals surface area contributed by atoms with Gasteiger partial charge in [-0.3, -0.25) is 0 Å². The van der Waals surface area contributed by atoms with E-state index in [0.717, 1.165) is 37.3 Å². The van der Waals surface area contributed by atoms with Crippen molar-refractivity contribution >= 4 is 0 Å². The highest BCUT2D eigenvalue weighted by atomic mass is 16.5. The van der Waals surface area contributed by atoms with Gasteiger partial charge in [0.2, 0.25) is 0 Å². The number of aromatic nitrogens is 2. The van der Waals surface area contributed by atoms with Crippen molar-refractivity contribution in [1.82, 2.24) is 15.3 Å². The van der Waals surface area contributed by atoms with Crippen molar-refractivity contribution < 1.29 is 4.74 Å². The summed E-state index contributed by atoms with van der Waals surface area (Å²) < 4.78 is 5.73. The lowest BCUT2D eigenvalue weighted by Crippen LogP contribution is -2.23. The van der Waals surface area contributed by atoms with E-state index in [2.05, 4.69) is 41.3 Å². The highest BCUT2D eigenvalue weighted by Crippen LogP contribution is 2.24. The van der Waals surface area contributed by atoms with Gasteiger partial charge in [0, 0.05) is 18.0 Å². The van der Waals surface area contributed by atoms with Gasteiger partial charge in [-0.25, -0.2) is 9.97 Å². The van der Waals surface area contributed by atoms with Crippen LogP contribution in [0.5, 0.6) is 5.75 Å². The maximum Gasteiger partial charge on any atom is 0.119 e. The quantitative estimate of drug-likeness (QED) is 0.808. The molecule has 0 radical (unpaired) electrons. The molecule has 0 fully saturated rings. The van der Waals surface area contributed by atoms with Gasteiger partial charge in [-0.05, 0) is 37.1 Å². The van der Waals surface area contributed by atoms with Crippen LogP contribution in [-0.4, -0.2) is 23.1 Å². The van der Waals surface area contributed by atoms with E-state index in [4.69, 9.17) is 4.74 Å². The number of rotatable bonds is 8. The van der Waals surface area contributed by atoms with Crippen LogP contribution >= 0.6 is 0 Å². The smallest absolute Gasteiger partial charge is 0.119 e. The molecule has 1 heterocycles. The Bertz CT molecular complexity index is 531. The molecule has 2 aromatic rings. The summed E-state index contributed by atoms with van der Waals surface area (Å²) in [6, 6.07) is 8.33. The minimum atomic E-state index is 0.0938. The third-order valence-corrected chi connectivity index (χ3v) is 3.18. The van der Waals surface area contributed by atoms with Gasteiger partial charge in [0.05, 0.1) is 12.6 Å². The van der Waals surface area contributed by atoms with Gasteiger partial charge in [0.25, 0.3) is 0 Å². The first-order chi connectivity index (χ1) is 10.3. The predicted octanol–water partition coefficient (Wildman–Crippen LogP) is 3.35. The van der Waals surface area contributed by atoms with E-state index in [1.165, 1.54) is 5.56 Å². The minimum absolute atomic E-state index is 0.0938. The summed E-state index contributed by atoms with van der Waals surface area (Å²) in [4.78, 5) is 8.26. The molecule has 0 spiro atoms. The molecule has 0 saturated heterocycles. The SMILES string of the molecule is CCCNC(c1cncnc1)c1cccc(OCCC)c1. The Morgan fingerprint density at radius 3 is 2.62 bits per heavy atom. The summed E-state index contributed by atoms with van der Waals surface area (Å²) in [5, 5.41) is 3.55. The summed E-state index contributed by atoms with van der Waals surface area (Å²) >= 11 is 0. The normalized spacial score (nSPS) is 12.1. The fourth-order valence-corrected chi connectivity index (χ4v) is 2.18. The molecule has 0 aliphatic heterocycles. The maximum atomic E-state index is 5.73. The summed E-state index contributed by atoms with van der Waals surface area (Å²) in [6.07, 6.45) is 7.37. The third-order valence-electron chi connectivity index (χ3n) is 3.18. The van der Waals surface area contributed by atoms with Crippen LogP contribution in [0.2, 0.25) is 0 Å². The minimum Gasteiger partial charge on any atom is -0.494 e. The van der Waals surface area contributed by atoms with Crippen LogP contribution in [0, 0.1) is 0 Å². The lowest BCUT2D eigenvalue weighted by Gasteiger charge is -2.19. The van der Waals surface area contributed by atoms with Gasteiger partial charge in [-0.2, -0.15) is 0 Å². The summed E-state index contributed by atoms with van der Waals surface area (Å²) in [5.74, 6) is 0.912. The molecule has 0 saturated carbocycles. The van der Waals surface area contributed by atoms with E-state index in [1.54, 1.807) is 6.33 Å². The van der Waals surface area contributed by atoms with Crippen molar-refractivity contribution in [3.63, 3.8) is 0 Å². The van der Waals surface area contributed by atoms with E-state index in [9.17, 15) is 0 Å². The molecule has 1 aromatic carbocycles. The van der Waals surface area contributed by atoms with Crippen molar-refractivity contribution in [2.45, 2.75) is 32.7 Å². The number of nitrogens with one attached hydrogen (secondary N) is 1. The topological polar surface area (TPSA) is 47.0 Å². The number of hydrogen-bond acceptors (Lipinski definition) is 4. The number of benzene rings is 1. The van der Waals surface area contributed by atoms with Gasteiger partial charge in [-0.1, -0.05) is 26.0 Å². The summed E-state index contributed by atoms with van der Waals surface area (Å²) in [7, 11) is 0. The molecule has 1 aromatic heterocycles. The maximum absolute atomic E-state index is 5.73. The van der Waals surface area contributed by atoms with Crippen molar-refractivity contribution in [2.75, 3.05) is 13.2 Å². The van der Waals surface area contributed by atoms with Crippen LogP contribution < -0.4 is 10.1 Å². The third kappa shape index (κ3) is 4.53. The average Bonchev–Trinajstić information content (AvgIpc) is 2.55. The first-order valence-electron chi connectivity index (χ1n) is 7.56. The van der Waals surface area contributed by atoms with Crippen LogP contribution in [0.15, 0.2) is 43.0 Å². The van der Waals surface area contributed by atoms with E-state index < -0.39 is 0 Å². The molecule has 1 atom stereocenters. The lowest BCUT2D eigenvalue weighted by atomic mass is 10.0. The summed E-state index contributed by atoms with van der Waals surface area (Å²) in [6.45, 7) is 5.95. The monoisotopic (exact) mass is 285 g/mol. The average molecular weight is 285 g/mol. The molecule has 21 heavy (non-hydrogen) atoms. The molecule has 4 heteroatoms. The Morgan fingerprint density at radius 1 is 1.10 bits per heavy atom. The fourth-order valence-electron chi connectivity index (χ4n) is 2.18. The highest BCUT2D eigenvalue weighted by molar-refractivity contribution is 5.35. The molecular weight excluding hydrogens is 262 g/mol. The van der Waals surface area contributed by atoms with Gasteiger partial charge >= 0.3 is 0 Å². The molecule has 0 bridgehead atoms. The Morgan fingerprint density at radius 2 is 1.90 bits per heavy atom.